The van der Waals surface area contributed by atoms with Gasteiger partial charge in [-0.25, -0.2) is 0 Å². The average Bonchev–Trinajstić information content (AvgIpc) is 2.87. The summed E-state index contributed by atoms with van der Waals surface area (Å²) in [5, 5.41) is 18.8. The maximum Gasteiger partial charge on any atom is 0.194 e. The number of likely N-dealkylation sites (tertiary alicyclic amines) is 1. The predicted octanol–water partition coefficient (Wildman–Crippen LogP) is -0.299. The number of carbonyl (C=O) groups excluding carboxylic acids is 1. The number of hydrogen-bond acceptors (Lipinski definition) is 5. The number of β-amino-alcohol motifs (C(OH)–C–C–N with tert-alkyl or cyclic N) is 1. The van der Waals surface area contributed by atoms with Gasteiger partial charge in [0.05, 0.1) is 12.6 Å². The molecule has 6 nitrogen and oxygen atoms in total. The number of H-pyrrole nitrogens is 1. The quantitative estimate of drug-likeness (QED) is 0.612. The first-order chi connectivity index (χ1) is 7.69. The molecule has 6 heteroatoms. The zero-order chi connectivity index (χ0) is 11.5. The van der Waals surface area contributed by atoms with Crippen molar-refractivity contribution < 1.29 is 9.90 Å². The molecule has 2 heterocycles. The normalized spacial score (nSPS) is 21.2. The Balaban J connectivity index is 1.92. The highest BCUT2D eigenvalue weighted by molar-refractivity contribution is 5.96. The fourth-order valence-electron chi connectivity index (χ4n) is 1.84. The minimum absolute atomic E-state index is 0.00287. The lowest BCUT2D eigenvalue weighted by Gasteiger charge is -2.12. The molecule has 0 bridgehead atoms. The van der Waals surface area contributed by atoms with Crippen LogP contribution in [-0.2, 0) is 0 Å². The highest BCUT2D eigenvalue weighted by Crippen LogP contribution is 2.11. The van der Waals surface area contributed by atoms with E-state index >= 15 is 0 Å². The molecule has 1 aliphatic heterocycles. The van der Waals surface area contributed by atoms with Gasteiger partial charge in [0.1, 0.15) is 11.5 Å². The topological polar surface area (TPSA) is 81.3 Å². The van der Waals surface area contributed by atoms with Gasteiger partial charge in [0, 0.05) is 26.2 Å². The number of nitrogens with zero attached hydrogens (tertiary/aromatic N) is 2. The summed E-state index contributed by atoms with van der Waals surface area (Å²) in [6.45, 7) is 1.70. The van der Waals surface area contributed by atoms with E-state index in [-0.39, 0.29) is 11.9 Å². The van der Waals surface area contributed by atoms with Crippen molar-refractivity contribution in [3.63, 3.8) is 0 Å². The Kier molecular flexibility index (Phi) is 3.21. The second kappa shape index (κ2) is 4.63. The van der Waals surface area contributed by atoms with Gasteiger partial charge in [0.15, 0.2) is 5.78 Å². The maximum absolute atomic E-state index is 11.8. The molecule has 88 valence electrons. The summed E-state index contributed by atoms with van der Waals surface area (Å²) < 4.78 is 0. The van der Waals surface area contributed by atoms with Crippen molar-refractivity contribution in [2.75, 3.05) is 32.0 Å². The smallest absolute Gasteiger partial charge is 0.194 e. The molecule has 1 aliphatic rings. The van der Waals surface area contributed by atoms with E-state index in [2.05, 4.69) is 15.5 Å². The van der Waals surface area contributed by atoms with Crippen molar-refractivity contribution in [2.45, 2.75) is 12.5 Å². The molecule has 1 saturated heterocycles. The summed E-state index contributed by atoms with van der Waals surface area (Å²) in [7, 11) is 1.75. The Morgan fingerprint density at radius 1 is 1.81 bits per heavy atom. The first kappa shape index (κ1) is 11.1. The maximum atomic E-state index is 11.8. The SMILES string of the molecule is CNc1cc(C(=O)CN2CC[C@H](O)C2)[nH]n1. The summed E-state index contributed by atoms with van der Waals surface area (Å²) in [5.74, 6) is 0.660. The Morgan fingerprint density at radius 2 is 2.62 bits per heavy atom. The minimum atomic E-state index is -0.289. The minimum Gasteiger partial charge on any atom is -0.392 e. The average molecular weight is 224 g/mol. The van der Waals surface area contributed by atoms with Crippen LogP contribution in [0, 0.1) is 0 Å². The molecule has 0 aliphatic carbocycles. The molecule has 3 N–H and O–H groups in total. The molecule has 1 aromatic rings. The third-order valence-electron chi connectivity index (χ3n) is 2.75. The van der Waals surface area contributed by atoms with Gasteiger partial charge in [-0.05, 0) is 6.42 Å². The summed E-state index contributed by atoms with van der Waals surface area (Å²) in [4.78, 5) is 13.8. The van der Waals surface area contributed by atoms with Crippen molar-refractivity contribution in [3.05, 3.63) is 11.8 Å². The highest BCUT2D eigenvalue weighted by atomic mass is 16.3. The number of aromatic amines is 1. The van der Waals surface area contributed by atoms with Gasteiger partial charge in [-0.2, -0.15) is 5.10 Å². The first-order valence-corrected chi connectivity index (χ1v) is 5.36. The molecule has 0 aromatic carbocycles. The van der Waals surface area contributed by atoms with Gasteiger partial charge in [-0.1, -0.05) is 0 Å². The number of hydrogen-bond donors (Lipinski definition) is 3. The largest absolute Gasteiger partial charge is 0.392 e. The fourth-order valence-corrected chi connectivity index (χ4v) is 1.84. The van der Waals surface area contributed by atoms with Crippen molar-refractivity contribution >= 4 is 11.6 Å². The number of Topliss-reactive ketones (excluding diaryl/α,β-unsaturated/α-hetero) is 1. The number of nitrogens with one attached hydrogen (secondary N) is 2. The fraction of sp³-hybridized carbons (Fsp3) is 0.600. The molecule has 0 radical (unpaired) electrons. The van der Waals surface area contributed by atoms with Crippen LogP contribution < -0.4 is 5.32 Å². The number of rotatable bonds is 4. The van der Waals surface area contributed by atoms with Gasteiger partial charge in [0.2, 0.25) is 0 Å². The zero-order valence-electron chi connectivity index (χ0n) is 9.23. The Morgan fingerprint density at radius 3 is 3.19 bits per heavy atom. The van der Waals surface area contributed by atoms with E-state index in [1.165, 1.54) is 0 Å². The number of aromatic nitrogens is 2. The van der Waals surface area contributed by atoms with Gasteiger partial charge in [0.25, 0.3) is 0 Å². The molecule has 0 saturated carbocycles. The van der Waals surface area contributed by atoms with Crippen LogP contribution in [0.15, 0.2) is 6.07 Å². The third-order valence-corrected chi connectivity index (χ3v) is 2.75. The molecule has 1 fully saturated rings. The summed E-state index contributed by atoms with van der Waals surface area (Å²) in [5.41, 5.74) is 0.505. The van der Waals surface area contributed by atoms with Crippen molar-refractivity contribution in [1.82, 2.24) is 15.1 Å². The number of aliphatic hydroxyl groups excluding tert-OH is 1. The first-order valence-electron chi connectivity index (χ1n) is 5.36. The molecule has 1 aromatic heterocycles. The van der Waals surface area contributed by atoms with Crippen LogP contribution in [0.1, 0.15) is 16.9 Å². The van der Waals surface area contributed by atoms with E-state index in [1.54, 1.807) is 13.1 Å². The summed E-state index contributed by atoms with van der Waals surface area (Å²) >= 11 is 0. The highest BCUT2D eigenvalue weighted by Gasteiger charge is 2.23. The van der Waals surface area contributed by atoms with Crippen LogP contribution in [0.2, 0.25) is 0 Å². The van der Waals surface area contributed by atoms with Crippen LogP contribution >= 0.6 is 0 Å². The van der Waals surface area contributed by atoms with E-state index in [9.17, 15) is 9.90 Å². The van der Waals surface area contributed by atoms with Crippen molar-refractivity contribution in [1.29, 1.82) is 0 Å². The van der Waals surface area contributed by atoms with Crippen LogP contribution in [0.25, 0.3) is 0 Å². The molecule has 16 heavy (non-hydrogen) atoms. The molecule has 2 rings (SSSR count). The predicted molar refractivity (Wildman–Crippen MR) is 59.5 cm³/mol. The monoisotopic (exact) mass is 224 g/mol. The van der Waals surface area contributed by atoms with Gasteiger partial charge in [-0.3, -0.25) is 14.8 Å². The van der Waals surface area contributed by atoms with Crippen LogP contribution in [0.5, 0.6) is 0 Å². The van der Waals surface area contributed by atoms with Crippen molar-refractivity contribution in [2.24, 2.45) is 0 Å². The lowest BCUT2D eigenvalue weighted by molar-refractivity contribution is 0.0930. The third kappa shape index (κ3) is 2.40. The number of anilines is 1. The van der Waals surface area contributed by atoms with Gasteiger partial charge in [-0.15, -0.1) is 0 Å². The number of aliphatic hydroxyl groups is 1. The van der Waals surface area contributed by atoms with Gasteiger partial charge < -0.3 is 10.4 Å². The standard InChI is InChI=1S/C10H16N4O2/c1-11-10-4-8(12-13-10)9(16)6-14-3-2-7(15)5-14/h4,7,15H,2-3,5-6H2,1H3,(H2,11,12,13)/t7-/m0/s1. The lowest BCUT2D eigenvalue weighted by atomic mass is 10.2. The van der Waals surface area contributed by atoms with Gasteiger partial charge >= 0.3 is 0 Å². The van der Waals surface area contributed by atoms with E-state index in [1.807, 2.05) is 4.90 Å². The number of carbonyl (C=O) groups is 1. The molecular formula is C10H16N4O2. The van der Waals surface area contributed by atoms with Crippen LogP contribution in [0.3, 0.4) is 0 Å². The molecule has 0 unspecified atom stereocenters. The molecule has 0 spiro atoms. The van der Waals surface area contributed by atoms with E-state index in [0.29, 0.717) is 24.6 Å². The summed E-state index contributed by atoms with van der Waals surface area (Å²) in [6, 6.07) is 1.69. The van der Waals surface area contributed by atoms with Crippen LogP contribution in [0.4, 0.5) is 5.82 Å². The Labute approximate surface area is 93.6 Å². The van der Waals surface area contributed by atoms with E-state index < -0.39 is 0 Å². The molecule has 1 atom stereocenters. The molecular weight excluding hydrogens is 208 g/mol. The number of ketones is 1. The van der Waals surface area contributed by atoms with E-state index in [4.69, 9.17) is 0 Å². The van der Waals surface area contributed by atoms with E-state index in [0.717, 1.165) is 13.0 Å². The molecule has 0 amide bonds. The Hall–Kier alpha value is -1.40. The summed E-state index contributed by atoms with van der Waals surface area (Å²) in [6.07, 6.45) is 0.459. The second-order valence-electron chi connectivity index (χ2n) is 4.02. The van der Waals surface area contributed by atoms with Crippen LogP contribution in [-0.4, -0.2) is 58.8 Å². The second-order valence-corrected chi connectivity index (χ2v) is 4.02. The Bertz CT molecular complexity index is 377. The lowest BCUT2D eigenvalue weighted by Crippen LogP contribution is -2.28. The van der Waals surface area contributed by atoms with Crippen molar-refractivity contribution in [3.8, 4) is 0 Å². The zero-order valence-corrected chi connectivity index (χ0v) is 9.23.